The number of carboxylic acid groups (broad SMARTS) is 1. The highest BCUT2D eigenvalue weighted by molar-refractivity contribution is 7.90. The largest absolute Gasteiger partial charge is 0.487 e. The molecule has 0 saturated heterocycles. The summed E-state index contributed by atoms with van der Waals surface area (Å²) in [5.74, 6) is -3.10. The molecule has 0 saturated carbocycles. The molecule has 0 aromatic heterocycles. The number of nitrogens with two attached hydrogens (primary N) is 1. The number of fused-ring (bicyclic) bond motifs is 1. The predicted octanol–water partition coefficient (Wildman–Crippen LogP) is 2.27. The molecule has 15 heteroatoms. The number of rotatable bonds is 16. The Balaban J connectivity index is 2.25. The topological polar surface area (TPSA) is 218 Å². The molecule has 1 aromatic carbocycles. The number of sulfonamides is 1. The van der Waals surface area contributed by atoms with Crippen LogP contribution in [0.4, 0.5) is 0 Å². The normalized spacial score (nSPS) is 16.5. The van der Waals surface area contributed by atoms with E-state index in [2.05, 4.69) is 32.2 Å². The van der Waals surface area contributed by atoms with Crippen LogP contribution in [0.1, 0.15) is 89.5 Å². The van der Waals surface area contributed by atoms with E-state index in [-0.39, 0.29) is 49.0 Å². The number of ether oxygens (including phenoxy) is 1. The summed E-state index contributed by atoms with van der Waals surface area (Å²) in [6.45, 7) is 19.2. The molecular formula is C33H52N6O8S. The zero-order chi connectivity index (χ0) is 36.8. The number of nitrogens with zero attached hydrogens (tertiary/aromatic N) is 1. The number of carbonyl (C=O) groups excluding carboxylic acids is 3. The molecule has 0 fully saturated rings. The fraction of sp³-hybridized carbons (Fsp3) is 0.606. The van der Waals surface area contributed by atoms with Gasteiger partial charge in [-0.3, -0.25) is 19.4 Å². The van der Waals surface area contributed by atoms with Crippen molar-refractivity contribution in [2.75, 3.05) is 6.54 Å². The van der Waals surface area contributed by atoms with E-state index in [1.165, 1.54) is 13.0 Å². The van der Waals surface area contributed by atoms with Crippen LogP contribution < -0.4 is 31.1 Å². The summed E-state index contributed by atoms with van der Waals surface area (Å²) in [6.07, 6.45) is 2.34. The van der Waals surface area contributed by atoms with Crippen molar-refractivity contribution in [3.63, 3.8) is 0 Å². The van der Waals surface area contributed by atoms with Crippen LogP contribution in [-0.4, -0.2) is 72.9 Å². The number of hydrogen-bond acceptors (Lipinski definition) is 8. The van der Waals surface area contributed by atoms with Crippen molar-refractivity contribution in [1.29, 1.82) is 0 Å². The summed E-state index contributed by atoms with van der Waals surface area (Å²) in [7, 11) is -4.13. The first-order valence-corrected chi connectivity index (χ1v) is 17.5. The molecule has 268 valence electrons. The lowest BCUT2D eigenvalue weighted by Gasteiger charge is -2.31. The zero-order valence-electron chi connectivity index (χ0n) is 29.5. The molecule has 3 atom stereocenters. The highest BCUT2D eigenvalue weighted by atomic mass is 32.2. The summed E-state index contributed by atoms with van der Waals surface area (Å²) < 4.78 is 35.4. The Hall–Kier alpha value is -4.14. The number of guanidine groups is 1. The molecule has 48 heavy (non-hydrogen) atoms. The van der Waals surface area contributed by atoms with Crippen LogP contribution in [-0.2, 0) is 35.6 Å². The lowest BCUT2D eigenvalue weighted by molar-refractivity contribution is -0.142. The van der Waals surface area contributed by atoms with Crippen molar-refractivity contribution in [2.45, 2.75) is 123 Å². The Morgan fingerprint density at radius 1 is 1.08 bits per heavy atom. The molecule has 1 aromatic rings. The second-order valence-corrected chi connectivity index (χ2v) is 15.0. The van der Waals surface area contributed by atoms with Crippen molar-refractivity contribution in [2.24, 2.45) is 16.6 Å². The molecule has 1 aliphatic rings. The van der Waals surface area contributed by atoms with Gasteiger partial charge in [0.05, 0.1) is 4.90 Å². The maximum Gasteiger partial charge on any atom is 0.326 e. The molecule has 1 aliphatic heterocycles. The van der Waals surface area contributed by atoms with Gasteiger partial charge >= 0.3 is 5.97 Å². The predicted molar refractivity (Wildman–Crippen MR) is 183 cm³/mol. The first-order chi connectivity index (χ1) is 22.1. The van der Waals surface area contributed by atoms with E-state index in [9.17, 15) is 32.7 Å². The van der Waals surface area contributed by atoms with Crippen molar-refractivity contribution in [1.82, 2.24) is 20.7 Å². The smallest absolute Gasteiger partial charge is 0.326 e. The molecule has 3 amide bonds. The maximum atomic E-state index is 13.5. The van der Waals surface area contributed by atoms with Gasteiger partial charge in [0.25, 0.3) is 10.0 Å². The van der Waals surface area contributed by atoms with Gasteiger partial charge in [-0.2, -0.15) is 0 Å². The Morgan fingerprint density at radius 3 is 2.25 bits per heavy atom. The number of aliphatic carboxylic acids is 1. The Bertz CT molecular complexity index is 1570. The molecule has 0 bridgehead atoms. The van der Waals surface area contributed by atoms with Crippen LogP contribution in [0.3, 0.4) is 0 Å². The number of aliphatic imine (C=N–C) groups is 1. The molecule has 3 unspecified atom stereocenters. The summed E-state index contributed by atoms with van der Waals surface area (Å²) in [6, 6.07) is -2.39. The second-order valence-electron chi connectivity index (χ2n) is 13.4. The Morgan fingerprint density at radius 2 is 1.71 bits per heavy atom. The fourth-order valence-electron chi connectivity index (χ4n) is 5.47. The molecule has 0 aliphatic carbocycles. The highest BCUT2D eigenvalue weighted by Gasteiger charge is 2.38. The lowest BCUT2D eigenvalue weighted by atomic mass is 9.94. The van der Waals surface area contributed by atoms with Gasteiger partial charge in [0.1, 0.15) is 29.0 Å². The third-order valence-electron chi connectivity index (χ3n) is 8.35. The summed E-state index contributed by atoms with van der Waals surface area (Å²) >= 11 is 0. The first kappa shape index (κ1) is 40.0. The zero-order valence-corrected chi connectivity index (χ0v) is 30.3. The second kappa shape index (κ2) is 15.8. The van der Waals surface area contributed by atoms with Gasteiger partial charge in [0.15, 0.2) is 0 Å². The van der Waals surface area contributed by atoms with Gasteiger partial charge in [-0.05, 0) is 83.9 Å². The molecule has 1 heterocycles. The maximum absolute atomic E-state index is 13.5. The van der Waals surface area contributed by atoms with Crippen LogP contribution in [0.25, 0.3) is 0 Å². The number of carbonyl (C=O) groups is 4. The van der Waals surface area contributed by atoms with Crippen molar-refractivity contribution in [3.05, 3.63) is 34.9 Å². The average Bonchev–Trinajstić information content (AvgIpc) is 3.31. The number of hydrogen-bond donors (Lipinski definition) is 6. The molecular weight excluding hydrogens is 640 g/mol. The number of amides is 3. The van der Waals surface area contributed by atoms with E-state index in [0.717, 1.165) is 11.1 Å². The lowest BCUT2D eigenvalue weighted by Crippen LogP contribution is -2.61. The third kappa shape index (κ3) is 9.70. The van der Waals surface area contributed by atoms with Crippen LogP contribution in [0.15, 0.2) is 22.5 Å². The van der Waals surface area contributed by atoms with E-state index >= 15 is 0 Å². The Kier molecular flexibility index (Phi) is 13.2. The monoisotopic (exact) mass is 692 g/mol. The van der Waals surface area contributed by atoms with Crippen LogP contribution in [0.2, 0.25) is 0 Å². The van der Waals surface area contributed by atoms with Gasteiger partial charge in [-0.1, -0.05) is 26.8 Å². The standard InChI is InChI=1S/C33H52N6O8S/c1-11-15-33(10,38-27(40)18(3)4)30(44)37-24(28(41)36-23(12-2)29(42)43)14-13-16-35-31(34)39-48(45,46)26-20(6)19(5)25-22(21(26)7)17-32(8,9)47-25/h11,18,23-24H,1,12-17H2,2-10H3,(H,36,41)(H,37,44)(H,38,40)(H,42,43)(H3,34,35,39). The van der Waals surface area contributed by atoms with Gasteiger partial charge in [-0.15, -0.1) is 6.58 Å². The van der Waals surface area contributed by atoms with E-state index in [1.54, 1.807) is 34.6 Å². The van der Waals surface area contributed by atoms with Gasteiger partial charge < -0.3 is 31.5 Å². The van der Waals surface area contributed by atoms with Crippen LogP contribution in [0.5, 0.6) is 5.75 Å². The third-order valence-corrected chi connectivity index (χ3v) is 9.98. The quantitative estimate of drug-likeness (QED) is 0.0647. The molecule has 0 radical (unpaired) electrons. The summed E-state index contributed by atoms with van der Waals surface area (Å²) in [5, 5.41) is 17.2. The van der Waals surface area contributed by atoms with Gasteiger partial charge in [-0.25, -0.2) is 17.9 Å². The van der Waals surface area contributed by atoms with Crippen molar-refractivity contribution in [3.8, 4) is 5.75 Å². The minimum Gasteiger partial charge on any atom is -0.487 e. The molecule has 7 N–H and O–H groups in total. The van der Waals surface area contributed by atoms with Crippen molar-refractivity contribution < 1.29 is 37.4 Å². The highest BCUT2D eigenvalue weighted by Crippen LogP contribution is 2.43. The van der Waals surface area contributed by atoms with E-state index in [4.69, 9.17) is 10.5 Å². The Labute approximate surface area is 283 Å². The molecule has 0 spiro atoms. The van der Waals surface area contributed by atoms with E-state index in [0.29, 0.717) is 23.3 Å². The fourth-order valence-corrected chi connectivity index (χ4v) is 6.99. The van der Waals surface area contributed by atoms with Gasteiger partial charge in [0.2, 0.25) is 23.7 Å². The SMILES string of the molecule is C=CCC(C)(NC(=O)C(C)C)C(=O)NC(CCCN=C(N)NS(=O)(=O)c1c(C)c(C)c2c(c1C)CC(C)(C)O2)C(=O)NC(CC)C(=O)O. The van der Waals surface area contributed by atoms with Crippen molar-refractivity contribution >= 4 is 39.7 Å². The first-order valence-electron chi connectivity index (χ1n) is 16.0. The molecule has 14 nitrogen and oxygen atoms in total. The number of nitrogens with one attached hydrogen (secondary N) is 4. The van der Waals surface area contributed by atoms with Gasteiger partial charge in [0, 0.05) is 24.4 Å². The molecule has 2 rings (SSSR count). The van der Waals surface area contributed by atoms with Crippen LogP contribution in [0, 0.1) is 26.7 Å². The van der Waals surface area contributed by atoms with E-state index in [1.807, 2.05) is 20.8 Å². The summed E-state index contributed by atoms with van der Waals surface area (Å²) in [5.41, 5.74) is 6.76. The average molecular weight is 693 g/mol. The number of benzene rings is 1. The van der Waals surface area contributed by atoms with E-state index < -0.39 is 56.9 Å². The minimum absolute atomic E-state index is 0.00251. The van der Waals surface area contributed by atoms with Crippen LogP contribution >= 0.6 is 0 Å². The summed E-state index contributed by atoms with van der Waals surface area (Å²) in [4.78, 5) is 54.9. The number of carboxylic acids is 1. The minimum atomic E-state index is -4.13.